The summed E-state index contributed by atoms with van der Waals surface area (Å²) in [6.07, 6.45) is 3.27. The van der Waals surface area contributed by atoms with Crippen molar-refractivity contribution in [1.82, 2.24) is 8.87 Å². The molecule has 0 spiro atoms. The molecule has 1 atom stereocenters. The second-order valence-corrected chi connectivity index (χ2v) is 7.34. The Balaban J connectivity index is 2.04. The lowest BCUT2D eigenvalue weighted by atomic mass is 10.0. The molecule has 2 heterocycles. The van der Waals surface area contributed by atoms with Gasteiger partial charge in [-0.3, -0.25) is 0 Å². The molecule has 5 nitrogen and oxygen atoms in total. The molecule has 22 heavy (non-hydrogen) atoms. The lowest BCUT2D eigenvalue weighted by Gasteiger charge is -2.35. The number of benzene rings is 1. The van der Waals surface area contributed by atoms with Crippen LogP contribution in [-0.2, 0) is 16.6 Å². The molecule has 1 aliphatic rings. The molecular weight excluding hydrogens is 300 g/mol. The lowest BCUT2D eigenvalue weighted by molar-refractivity contribution is 0.300. The van der Waals surface area contributed by atoms with E-state index in [1.54, 1.807) is 4.31 Å². The third-order valence-electron chi connectivity index (χ3n) is 3.93. The Labute approximate surface area is 131 Å². The zero-order chi connectivity index (χ0) is 15.7. The third-order valence-corrected chi connectivity index (χ3v) is 5.17. The summed E-state index contributed by atoms with van der Waals surface area (Å²) in [4.78, 5) is 0. The van der Waals surface area contributed by atoms with Gasteiger partial charge in [-0.15, -0.1) is 0 Å². The van der Waals surface area contributed by atoms with Crippen LogP contribution in [0.4, 0.5) is 0 Å². The van der Waals surface area contributed by atoms with E-state index in [-0.39, 0.29) is 6.04 Å². The van der Waals surface area contributed by atoms with Gasteiger partial charge in [0, 0.05) is 25.0 Å². The average Bonchev–Trinajstić information content (AvgIpc) is 2.95. The van der Waals surface area contributed by atoms with Crippen LogP contribution in [0.25, 0.3) is 0 Å². The number of sulfonamides is 1. The van der Waals surface area contributed by atoms with Crippen LogP contribution >= 0.6 is 0 Å². The van der Waals surface area contributed by atoms with Gasteiger partial charge in [0.2, 0.25) is 10.0 Å². The maximum atomic E-state index is 12.2. The normalized spacial score (nSPS) is 18.9. The van der Waals surface area contributed by atoms with E-state index >= 15 is 0 Å². The highest BCUT2D eigenvalue weighted by molar-refractivity contribution is 7.88. The van der Waals surface area contributed by atoms with Gasteiger partial charge >= 0.3 is 0 Å². The van der Waals surface area contributed by atoms with Crippen molar-refractivity contribution in [1.29, 1.82) is 0 Å². The van der Waals surface area contributed by atoms with Crippen molar-refractivity contribution >= 4 is 10.0 Å². The summed E-state index contributed by atoms with van der Waals surface area (Å²) < 4.78 is 33.5. The summed E-state index contributed by atoms with van der Waals surface area (Å²) in [7, 11) is -3.28. The summed E-state index contributed by atoms with van der Waals surface area (Å²) in [5.74, 6) is 0.795. The minimum Gasteiger partial charge on any atom is -0.494 e. The molecule has 0 bridgehead atoms. The quantitative estimate of drug-likeness (QED) is 0.868. The fourth-order valence-electron chi connectivity index (χ4n) is 2.97. The van der Waals surface area contributed by atoms with Crippen LogP contribution in [0.5, 0.6) is 5.75 Å². The van der Waals surface area contributed by atoms with Crippen LogP contribution in [0.1, 0.15) is 24.2 Å². The van der Waals surface area contributed by atoms with Crippen LogP contribution in [0, 0.1) is 0 Å². The average molecular weight is 320 g/mol. The van der Waals surface area contributed by atoms with E-state index in [0.29, 0.717) is 19.7 Å². The van der Waals surface area contributed by atoms with Crippen LogP contribution in [0.2, 0.25) is 0 Å². The van der Waals surface area contributed by atoms with E-state index in [2.05, 4.69) is 4.57 Å². The van der Waals surface area contributed by atoms with Gasteiger partial charge in [-0.1, -0.05) is 12.1 Å². The largest absolute Gasteiger partial charge is 0.494 e. The molecule has 2 aromatic rings. The van der Waals surface area contributed by atoms with Gasteiger partial charge in [0.1, 0.15) is 5.75 Å². The highest BCUT2D eigenvalue weighted by atomic mass is 32.2. The summed E-state index contributed by atoms with van der Waals surface area (Å²) in [5.41, 5.74) is 1.95. The number of ether oxygens (including phenoxy) is 1. The highest BCUT2D eigenvalue weighted by Gasteiger charge is 2.34. The summed E-state index contributed by atoms with van der Waals surface area (Å²) in [6, 6.07) is 11.3. The Morgan fingerprint density at radius 3 is 2.55 bits per heavy atom. The molecule has 118 valence electrons. The SMILES string of the molecule is CCOc1ccc(C2c3cccn3CCN2S(C)(=O)=O)cc1. The summed E-state index contributed by atoms with van der Waals surface area (Å²) in [6.45, 7) is 3.72. The fraction of sp³-hybridized carbons (Fsp3) is 0.375. The van der Waals surface area contributed by atoms with Gasteiger partial charge in [-0.25, -0.2) is 8.42 Å². The van der Waals surface area contributed by atoms with Gasteiger partial charge in [-0.2, -0.15) is 4.31 Å². The molecular formula is C16H20N2O3S. The highest BCUT2D eigenvalue weighted by Crippen LogP contribution is 2.34. The monoisotopic (exact) mass is 320 g/mol. The molecule has 0 aliphatic carbocycles. The Morgan fingerprint density at radius 2 is 1.91 bits per heavy atom. The molecule has 6 heteroatoms. The molecule has 0 N–H and O–H groups in total. The van der Waals surface area contributed by atoms with E-state index < -0.39 is 10.0 Å². The number of hydrogen-bond acceptors (Lipinski definition) is 3. The number of nitrogens with zero attached hydrogens (tertiary/aromatic N) is 2. The van der Waals surface area contributed by atoms with E-state index in [0.717, 1.165) is 17.0 Å². The second kappa shape index (κ2) is 5.78. The van der Waals surface area contributed by atoms with Crippen molar-refractivity contribution < 1.29 is 13.2 Å². The predicted octanol–water partition coefficient (Wildman–Crippen LogP) is 2.25. The first kappa shape index (κ1) is 15.1. The lowest BCUT2D eigenvalue weighted by Crippen LogP contribution is -2.41. The summed E-state index contributed by atoms with van der Waals surface area (Å²) >= 11 is 0. The number of aromatic nitrogens is 1. The maximum Gasteiger partial charge on any atom is 0.212 e. The third kappa shape index (κ3) is 2.76. The minimum absolute atomic E-state index is 0.283. The Kier molecular flexibility index (Phi) is 3.97. The Bertz CT molecular complexity index is 750. The molecule has 0 amide bonds. The topological polar surface area (TPSA) is 51.5 Å². The van der Waals surface area contributed by atoms with Gasteiger partial charge in [0.05, 0.1) is 18.9 Å². The molecule has 1 aromatic carbocycles. The zero-order valence-electron chi connectivity index (χ0n) is 12.8. The molecule has 0 radical (unpaired) electrons. The number of hydrogen-bond donors (Lipinski definition) is 0. The van der Waals surface area contributed by atoms with Gasteiger partial charge < -0.3 is 9.30 Å². The molecule has 0 saturated heterocycles. The van der Waals surface area contributed by atoms with Crippen molar-refractivity contribution in [3.05, 3.63) is 53.9 Å². The van der Waals surface area contributed by atoms with Crippen LogP contribution < -0.4 is 4.74 Å². The maximum absolute atomic E-state index is 12.2. The second-order valence-electron chi connectivity index (χ2n) is 5.40. The number of fused-ring (bicyclic) bond motifs is 1. The van der Waals surface area contributed by atoms with Gasteiger partial charge in [0.25, 0.3) is 0 Å². The molecule has 1 aromatic heterocycles. The summed E-state index contributed by atoms with van der Waals surface area (Å²) in [5, 5.41) is 0. The minimum atomic E-state index is -3.28. The molecule has 1 aliphatic heterocycles. The van der Waals surface area contributed by atoms with Crippen LogP contribution in [-0.4, -0.2) is 36.7 Å². The number of rotatable bonds is 4. The first-order valence-electron chi connectivity index (χ1n) is 7.35. The zero-order valence-corrected chi connectivity index (χ0v) is 13.6. The van der Waals surface area contributed by atoms with Gasteiger partial charge in [0.15, 0.2) is 0 Å². The van der Waals surface area contributed by atoms with Crippen LogP contribution in [0.3, 0.4) is 0 Å². The Morgan fingerprint density at radius 1 is 1.18 bits per heavy atom. The predicted molar refractivity (Wildman–Crippen MR) is 85.4 cm³/mol. The van der Waals surface area contributed by atoms with E-state index in [4.69, 9.17) is 4.74 Å². The van der Waals surface area contributed by atoms with E-state index in [1.807, 2.05) is 49.5 Å². The van der Waals surface area contributed by atoms with E-state index in [9.17, 15) is 8.42 Å². The smallest absolute Gasteiger partial charge is 0.212 e. The van der Waals surface area contributed by atoms with Crippen molar-refractivity contribution in [2.75, 3.05) is 19.4 Å². The van der Waals surface area contributed by atoms with Gasteiger partial charge in [-0.05, 0) is 36.8 Å². The molecule has 0 fully saturated rings. The van der Waals surface area contributed by atoms with Crippen molar-refractivity contribution in [2.24, 2.45) is 0 Å². The molecule has 0 saturated carbocycles. The van der Waals surface area contributed by atoms with E-state index in [1.165, 1.54) is 6.26 Å². The first-order chi connectivity index (χ1) is 10.5. The standard InChI is InChI=1S/C16H20N2O3S/c1-3-21-14-8-6-13(7-9-14)16-15-5-4-10-17(15)11-12-18(16)22(2,19)20/h4-10,16H,3,11-12H2,1-2H3. The van der Waals surface area contributed by atoms with Crippen LogP contribution in [0.15, 0.2) is 42.6 Å². The fourth-order valence-corrected chi connectivity index (χ4v) is 4.00. The van der Waals surface area contributed by atoms with Crippen molar-refractivity contribution in [2.45, 2.75) is 19.5 Å². The Hall–Kier alpha value is -1.79. The molecule has 3 rings (SSSR count). The van der Waals surface area contributed by atoms with Crippen molar-refractivity contribution in [3.8, 4) is 5.75 Å². The first-order valence-corrected chi connectivity index (χ1v) is 9.20. The van der Waals surface area contributed by atoms with Crippen molar-refractivity contribution in [3.63, 3.8) is 0 Å². The molecule has 1 unspecified atom stereocenters.